The largest absolute Gasteiger partial charge is 0.508 e. The smallest absolute Gasteiger partial charge is 0.326 e. The zero-order valence-corrected chi connectivity index (χ0v) is 12.9. The van der Waals surface area contributed by atoms with E-state index in [0.717, 1.165) is 6.08 Å². The van der Waals surface area contributed by atoms with Crippen LogP contribution in [0.2, 0.25) is 0 Å². The minimum atomic E-state index is -1.13. The van der Waals surface area contributed by atoms with Crippen molar-refractivity contribution in [3.63, 3.8) is 0 Å². The monoisotopic (exact) mass is 320 g/mol. The quantitative estimate of drug-likeness (QED) is 0.494. The number of nitrogens with zero attached hydrogens (tertiary/aromatic N) is 1. The number of amides is 2. The summed E-state index contributed by atoms with van der Waals surface area (Å²) in [7, 11) is 0. The van der Waals surface area contributed by atoms with Gasteiger partial charge in [0.05, 0.1) is 6.54 Å². The fourth-order valence-electron chi connectivity index (χ4n) is 2.56. The SMILES string of the molecule is C=CC(=O)N1CC1(C)C(=O)NC(CC1C=CC(O)=CC1)C(=O)O. The van der Waals surface area contributed by atoms with E-state index in [1.165, 1.54) is 11.0 Å². The van der Waals surface area contributed by atoms with Gasteiger partial charge < -0.3 is 20.4 Å². The van der Waals surface area contributed by atoms with E-state index in [4.69, 9.17) is 0 Å². The summed E-state index contributed by atoms with van der Waals surface area (Å²) in [5.74, 6) is -1.90. The average molecular weight is 320 g/mol. The molecule has 1 aliphatic carbocycles. The zero-order chi connectivity index (χ0) is 17.2. The van der Waals surface area contributed by atoms with Crippen molar-refractivity contribution >= 4 is 17.8 Å². The molecule has 2 amide bonds. The summed E-state index contributed by atoms with van der Waals surface area (Å²) in [5.41, 5.74) is -1.01. The number of nitrogens with one attached hydrogen (secondary N) is 1. The number of carboxylic acids is 1. The van der Waals surface area contributed by atoms with Crippen LogP contribution in [0.3, 0.4) is 0 Å². The molecule has 0 aromatic heterocycles. The van der Waals surface area contributed by atoms with Crippen molar-refractivity contribution in [2.45, 2.75) is 31.3 Å². The van der Waals surface area contributed by atoms with E-state index in [0.29, 0.717) is 6.42 Å². The van der Waals surface area contributed by atoms with Crippen LogP contribution in [0.15, 0.2) is 36.6 Å². The molecule has 7 nitrogen and oxygen atoms in total. The Hall–Kier alpha value is -2.57. The molecule has 0 saturated carbocycles. The maximum Gasteiger partial charge on any atom is 0.326 e. The Kier molecular flexibility index (Phi) is 4.58. The molecule has 1 aliphatic heterocycles. The third-order valence-corrected chi connectivity index (χ3v) is 4.20. The Bertz CT molecular complexity index is 610. The van der Waals surface area contributed by atoms with E-state index in [1.54, 1.807) is 19.1 Å². The summed E-state index contributed by atoms with van der Waals surface area (Å²) in [5, 5.41) is 21.1. The molecular weight excluding hydrogens is 300 g/mol. The second-order valence-electron chi connectivity index (χ2n) is 5.99. The van der Waals surface area contributed by atoms with Gasteiger partial charge in [-0.05, 0) is 43.9 Å². The maximum absolute atomic E-state index is 12.3. The topological polar surface area (TPSA) is 107 Å². The van der Waals surface area contributed by atoms with Gasteiger partial charge in [0.1, 0.15) is 17.3 Å². The molecule has 1 saturated heterocycles. The summed E-state index contributed by atoms with van der Waals surface area (Å²) < 4.78 is 0. The van der Waals surface area contributed by atoms with E-state index in [1.807, 2.05) is 0 Å². The van der Waals surface area contributed by atoms with Crippen LogP contribution in [-0.2, 0) is 14.4 Å². The van der Waals surface area contributed by atoms with Gasteiger partial charge in [-0.1, -0.05) is 12.7 Å². The molecular formula is C16H20N2O5. The average Bonchev–Trinajstić information content (AvgIpc) is 3.21. The van der Waals surface area contributed by atoms with Crippen molar-refractivity contribution in [2.75, 3.05) is 6.54 Å². The highest BCUT2D eigenvalue weighted by atomic mass is 16.4. The van der Waals surface area contributed by atoms with Crippen LogP contribution in [0.1, 0.15) is 19.8 Å². The Morgan fingerprint density at radius 2 is 2.26 bits per heavy atom. The van der Waals surface area contributed by atoms with Crippen LogP contribution in [-0.4, -0.2) is 51.0 Å². The molecule has 0 aromatic carbocycles. The number of aliphatic carboxylic acids is 1. The van der Waals surface area contributed by atoms with Crippen molar-refractivity contribution in [1.29, 1.82) is 0 Å². The third kappa shape index (κ3) is 3.61. The molecule has 7 heteroatoms. The predicted molar refractivity (Wildman–Crippen MR) is 82.5 cm³/mol. The number of carboxylic acid groups (broad SMARTS) is 1. The van der Waals surface area contributed by atoms with Crippen molar-refractivity contribution in [3.8, 4) is 0 Å². The Morgan fingerprint density at radius 3 is 2.78 bits per heavy atom. The summed E-state index contributed by atoms with van der Waals surface area (Å²) in [6, 6.07) is -1.05. The van der Waals surface area contributed by atoms with Gasteiger partial charge in [-0.3, -0.25) is 9.59 Å². The molecule has 3 unspecified atom stereocenters. The Labute approximate surface area is 134 Å². The first-order valence-electron chi connectivity index (χ1n) is 7.33. The number of aliphatic hydroxyl groups is 1. The minimum Gasteiger partial charge on any atom is -0.508 e. The molecule has 124 valence electrons. The van der Waals surface area contributed by atoms with Gasteiger partial charge in [0.15, 0.2) is 0 Å². The first-order chi connectivity index (χ1) is 10.8. The van der Waals surface area contributed by atoms with Crippen LogP contribution in [0.25, 0.3) is 0 Å². The minimum absolute atomic E-state index is 0.0785. The number of aliphatic hydroxyl groups excluding tert-OH is 1. The first kappa shape index (κ1) is 16.8. The number of carbonyl (C=O) groups is 3. The maximum atomic E-state index is 12.3. The molecule has 0 aromatic rings. The van der Waals surface area contributed by atoms with Gasteiger partial charge in [0.2, 0.25) is 11.8 Å². The highest BCUT2D eigenvalue weighted by Gasteiger charge is 2.56. The lowest BCUT2D eigenvalue weighted by Crippen LogP contribution is -2.48. The highest BCUT2D eigenvalue weighted by molar-refractivity contribution is 6.01. The summed E-state index contributed by atoms with van der Waals surface area (Å²) in [4.78, 5) is 36.5. The molecule has 3 N–H and O–H groups in total. The molecule has 0 bridgehead atoms. The first-order valence-corrected chi connectivity index (χ1v) is 7.33. The van der Waals surface area contributed by atoms with E-state index >= 15 is 0 Å². The van der Waals surface area contributed by atoms with Crippen LogP contribution >= 0.6 is 0 Å². The third-order valence-electron chi connectivity index (χ3n) is 4.20. The molecule has 2 rings (SSSR count). The number of carbonyl (C=O) groups excluding carboxylic acids is 2. The second-order valence-corrected chi connectivity index (χ2v) is 5.99. The van der Waals surface area contributed by atoms with E-state index < -0.39 is 23.5 Å². The van der Waals surface area contributed by atoms with Gasteiger partial charge in [-0.15, -0.1) is 0 Å². The highest BCUT2D eigenvalue weighted by Crippen LogP contribution is 2.32. The van der Waals surface area contributed by atoms with Crippen molar-refractivity contribution in [1.82, 2.24) is 10.2 Å². The fourth-order valence-corrected chi connectivity index (χ4v) is 2.56. The van der Waals surface area contributed by atoms with Gasteiger partial charge in [-0.2, -0.15) is 0 Å². The van der Waals surface area contributed by atoms with E-state index in [-0.39, 0.29) is 30.5 Å². The fraction of sp³-hybridized carbons (Fsp3) is 0.438. The molecule has 1 heterocycles. The Balaban J connectivity index is 1.96. The van der Waals surface area contributed by atoms with E-state index in [2.05, 4.69) is 11.9 Å². The molecule has 0 radical (unpaired) electrons. The lowest BCUT2D eigenvalue weighted by Gasteiger charge is -2.22. The summed E-state index contributed by atoms with van der Waals surface area (Å²) >= 11 is 0. The van der Waals surface area contributed by atoms with Gasteiger partial charge >= 0.3 is 5.97 Å². The molecule has 2 aliphatic rings. The number of hydrogen-bond acceptors (Lipinski definition) is 4. The molecule has 23 heavy (non-hydrogen) atoms. The molecule has 1 fully saturated rings. The van der Waals surface area contributed by atoms with Crippen LogP contribution in [0, 0.1) is 5.92 Å². The van der Waals surface area contributed by atoms with Gasteiger partial charge in [0, 0.05) is 0 Å². The van der Waals surface area contributed by atoms with Crippen molar-refractivity contribution in [3.05, 3.63) is 36.6 Å². The second kappa shape index (κ2) is 6.28. The lowest BCUT2D eigenvalue weighted by atomic mass is 9.92. The van der Waals surface area contributed by atoms with Crippen molar-refractivity contribution < 1.29 is 24.6 Å². The Morgan fingerprint density at radius 1 is 1.57 bits per heavy atom. The molecule has 3 atom stereocenters. The summed E-state index contributed by atoms with van der Waals surface area (Å²) in [6.45, 7) is 5.20. The van der Waals surface area contributed by atoms with Gasteiger partial charge in [0.25, 0.3) is 0 Å². The summed E-state index contributed by atoms with van der Waals surface area (Å²) in [6.07, 6.45) is 6.70. The van der Waals surface area contributed by atoms with Crippen LogP contribution in [0.5, 0.6) is 0 Å². The molecule has 0 spiro atoms. The van der Waals surface area contributed by atoms with Crippen molar-refractivity contribution in [2.24, 2.45) is 5.92 Å². The lowest BCUT2D eigenvalue weighted by molar-refractivity contribution is -0.142. The predicted octanol–water partition coefficient (Wildman–Crippen LogP) is 0.751. The standard InChI is InChI=1S/C16H20N2O5/c1-3-13(20)18-9-16(18,2)15(23)17-12(14(21)22)8-10-4-6-11(19)7-5-10/h3-4,6-7,10,12,19H,1,5,8-9H2,2H3,(H,17,23)(H,21,22). The number of allylic oxidation sites excluding steroid dienone is 3. The van der Waals surface area contributed by atoms with Gasteiger partial charge in [-0.25, -0.2) is 4.79 Å². The zero-order valence-electron chi connectivity index (χ0n) is 12.9. The van der Waals surface area contributed by atoms with E-state index in [9.17, 15) is 24.6 Å². The number of hydrogen-bond donors (Lipinski definition) is 3. The normalized spacial score (nSPS) is 26.9. The van der Waals surface area contributed by atoms with Crippen LogP contribution < -0.4 is 5.32 Å². The van der Waals surface area contributed by atoms with Crippen LogP contribution in [0.4, 0.5) is 0 Å². The number of rotatable bonds is 6.